The number of fused-ring (bicyclic) bond motifs is 1. The van der Waals surface area contributed by atoms with Crippen LogP contribution in [0.1, 0.15) is 37.5 Å². The Hall–Kier alpha value is -3.33. The van der Waals surface area contributed by atoms with Crippen molar-refractivity contribution in [2.45, 2.75) is 51.3 Å². The SMILES string of the molecule is CNC(=S)N(CCOc1ccc(C[C@H](Oc2ccc(C(C)(C)C)cc2)C(=O)O)cc1)C1C2CN(Cc3ccccc3)C[C@H]21.Cl. The van der Waals surface area contributed by atoms with E-state index in [4.69, 9.17) is 21.7 Å². The van der Waals surface area contributed by atoms with Gasteiger partial charge >= 0.3 is 5.97 Å². The predicted molar refractivity (Wildman–Crippen MR) is 181 cm³/mol. The van der Waals surface area contributed by atoms with Crippen LogP contribution in [0.5, 0.6) is 11.5 Å². The van der Waals surface area contributed by atoms with Gasteiger partial charge in [-0.15, -0.1) is 12.4 Å². The number of hydrogen-bond donors (Lipinski definition) is 2. The molecular formula is C35H44ClN3O4S. The largest absolute Gasteiger partial charge is 0.492 e. The highest BCUT2D eigenvalue weighted by Crippen LogP contribution is 2.49. The summed E-state index contributed by atoms with van der Waals surface area (Å²) in [6.45, 7) is 10.8. The van der Waals surface area contributed by atoms with Gasteiger partial charge in [-0.3, -0.25) is 4.90 Å². The Bertz CT molecular complexity index is 1370. The highest BCUT2D eigenvalue weighted by atomic mass is 35.5. The van der Waals surface area contributed by atoms with Crippen LogP contribution in [0.25, 0.3) is 0 Å². The summed E-state index contributed by atoms with van der Waals surface area (Å²) in [7, 11) is 1.88. The minimum absolute atomic E-state index is 0. The lowest BCUT2D eigenvalue weighted by Gasteiger charge is -2.29. The molecule has 2 N–H and O–H groups in total. The van der Waals surface area contributed by atoms with Crippen LogP contribution in [0.15, 0.2) is 78.9 Å². The number of nitrogens with zero attached hydrogens (tertiary/aromatic N) is 2. The summed E-state index contributed by atoms with van der Waals surface area (Å²) in [6.07, 6.45) is -0.725. The van der Waals surface area contributed by atoms with Crippen LogP contribution in [0.4, 0.5) is 0 Å². The predicted octanol–water partition coefficient (Wildman–Crippen LogP) is 5.80. The average Bonchev–Trinajstić information content (AvgIpc) is 3.47. The molecule has 1 saturated heterocycles. The van der Waals surface area contributed by atoms with Crippen LogP contribution in [-0.4, -0.2) is 71.4 Å². The van der Waals surface area contributed by atoms with E-state index < -0.39 is 12.1 Å². The molecule has 3 aromatic rings. The molecule has 2 unspecified atom stereocenters. The van der Waals surface area contributed by atoms with Gasteiger partial charge in [-0.05, 0) is 70.4 Å². The molecule has 0 radical (unpaired) electrons. The molecule has 0 bridgehead atoms. The number of carboxylic acid groups (broad SMARTS) is 1. The van der Waals surface area contributed by atoms with Gasteiger partial charge in [0.05, 0.1) is 6.54 Å². The summed E-state index contributed by atoms with van der Waals surface area (Å²) in [5.74, 6) is 1.57. The molecule has 1 aliphatic heterocycles. The summed E-state index contributed by atoms with van der Waals surface area (Å²) in [5, 5.41) is 13.7. The fraction of sp³-hybridized carbons (Fsp3) is 0.429. The van der Waals surface area contributed by atoms with E-state index in [1.807, 2.05) is 55.6 Å². The van der Waals surface area contributed by atoms with E-state index in [0.29, 0.717) is 36.8 Å². The molecule has 2 aliphatic rings. The minimum Gasteiger partial charge on any atom is -0.492 e. The molecule has 1 heterocycles. The highest BCUT2D eigenvalue weighted by molar-refractivity contribution is 7.80. The third kappa shape index (κ3) is 8.43. The zero-order valence-corrected chi connectivity index (χ0v) is 27.6. The van der Waals surface area contributed by atoms with Gasteiger partial charge in [0.2, 0.25) is 0 Å². The molecule has 1 aliphatic carbocycles. The van der Waals surface area contributed by atoms with Gasteiger partial charge in [0, 0.05) is 39.1 Å². The normalized spacial score (nSPS) is 19.7. The quantitative estimate of drug-likeness (QED) is 0.242. The Kier molecular flexibility index (Phi) is 11.2. The fourth-order valence-corrected chi connectivity index (χ4v) is 6.33. The number of ether oxygens (including phenoxy) is 2. The maximum absolute atomic E-state index is 11.9. The first-order valence-electron chi connectivity index (χ1n) is 15.1. The number of halogens is 1. The van der Waals surface area contributed by atoms with Crippen molar-refractivity contribution in [3.05, 3.63) is 95.6 Å². The zero-order valence-electron chi connectivity index (χ0n) is 25.9. The number of piperidine rings is 1. The number of rotatable bonds is 12. The van der Waals surface area contributed by atoms with E-state index in [-0.39, 0.29) is 24.2 Å². The zero-order chi connectivity index (χ0) is 30.6. The van der Waals surface area contributed by atoms with Crippen LogP contribution in [0.3, 0.4) is 0 Å². The summed E-state index contributed by atoms with van der Waals surface area (Å²) in [6, 6.07) is 26.3. The second kappa shape index (κ2) is 14.6. The summed E-state index contributed by atoms with van der Waals surface area (Å²) >= 11 is 5.67. The van der Waals surface area contributed by atoms with Gasteiger partial charge in [-0.2, -0.15) is 0 Å². The third-order valence-electron chi connectivity index (χ3n) is 8.53. The molecule has 4 atom stereocenters. The smallest absolute Gasteiger partial charge is 0.345 e. The van der Waals surface area contributed by atoms with Gasteiger partial charge in [0.15, 0.2) is 11.2 Å². The maximum atomic E-state index is 11.9. The first-order chi connectivity index (χ1) is 20.6. The van der Waals surface area contributed by atoms with E-state index in [9.17, 15) is 9.90 Å². The molecule has 236 valence electrons. The molecule has 9 heteroatoms. The minimum atomic E-state index is -0.992. The van der Waals surface area contributed by atoms with Crippen molar-refractivity contribution >= 4 is 35.7 Å². The van der Waals surface area contributed by atoms with Crippen molar-refractivity contribution < 1.29 is 19.4 Å². The van der Waals surface area contributed by atoms with Crippen molar-refractivity contribution in [2.75, 3.05) is 33.3 Å². The van der Waals surface area contributed by atoms with Gasteiger partial charge in [0.25, 0.3) is 0 Å². The van der Waals surface area contributed by atoms with Gasteiger partial charge < -0.3 is 24.8 Å². The molecule has 2 fully saturated rings. The molecule has 1 saturated carbocycles. The summed E-state index contributed by atoms with van der Waals surface area (Å²) < 4.78 is 11.9. The summed E-state index contributed by atoms with van der Waals surface area (Å²) in [5.41, 5.74) is 3.42. The summed E-state index contributed by atoms with van der Waals surface area (Å²) in [4.78, 5) is 16.8. The van der Waals surface area contributed by atoms with Gasteiger partial charge in [0.1, 0.15) is 18.1 Å². The fourth-order valence-electron chi connectivity index (χ4n) is 6.12. The Morgan fingerprint density at radius 3 is 2.16 bits per heavy atom. The lowest BCUT2D eigenvalue weighted by atomic mass is 9.87. The number of likely N-dealkylation sites (tertiary alicyclic amines) is 1. The van der Waals surface area contributed by atoms with Crippen LogP contribution < -0.4 is 14.8 Å². The van der Waals surface area contributed by atoms with Crippen molar-refractivity contribution in [1.82, 2.24) is 15.1 Å². The lowest BCUT2D eigenvalue weighted by Crippen LogP contribution is -2.45. The highest BCUT2D eigenvalue weighted by Gasteiger charge is 2.58. The first-order valence-corrected chi connectivity index (χ1v) is 15.5. The molecule has 0 aromatic heterocycles. The standard InChI is InChI=1S/C35H43N3O4S.ClH/c1-35(2,3)26-12-16-28(17-13-26)42-31(33(39)40)20-24-10-14-27(15-11-24)41-19-18-38(34(43)36-4)32-29-22-37(23-30(29)32)21-25-8-6-5-7-9-25;/h5-17,29-32H,18-23H2,1-4H3,(H,36,43)(H,39,40);1H/t29-,30?,31+,32?;/m1./s1. The Morgan fingerprint density at radius 2 is 1.59 bits per heavy atom. The number of nitrogens with one attached hydrogen (secondary N) is 1. The molecule has 3 aromatic carbocycles. The Morgan fingerprint density at radius 1 is 0.977 bits per heavy atom. The molecule has 7 nitrogen and oxygen atoms in total. The van der Waals surface area contributed by atoms with Crippen LogP contribution in [-0.2, 0) is 23.2 Å². The second-order valence-electron chi connectivity index (χ2n) is 12.7. The number of benzene rings is 3. The molecule has 5 rings (SSSR count). The van der Waals surface area contributed by atoms with Gasteiger partial charge in [-0.25, -0.2) is 4.79 Å². The van der Waals surface area contributed by atoms with E-state index >= 15 is 0 Å². The van der Waals surface area contributed by atoms with Crippen molar-refractivity contribution in [3.8, 4) is 11.5 Å². The van der Waals surface area contributed by atoms with E-state index in [2.05, 4.69) is 66.2 Å². The molecule has 44 heavy (non-hydrogen) atoms. The average molecular weight is 638 g/mol. The van der Waals surface area contributed by atoms with E-state index in [1.54, 1.807) is 0 Å². The number of thiocarbonyl (C=S) groups is 1. The van der Waals surface area contributed by atoms with Crippen molar-refractivity contribution in [3.63, 3.8) is 0 Å². The molecular weight excluding hydrogens is 594 g/mol. The number of carboxylic acids is 1. The number of carbonyl (C=O) groups is 1. The monoisotopic (exact) mass is 637 g/mol. The number of aliphatic carboxylic acids is 1. The van der Waals surface area contributed by atoms with E-state index in [0.717, 1.165) is 36.1 Å². The van der Waals surface area contributed by atoms with Crippen LogP contribution >= 0.6 is 24.6 Å². The third-order valence-corrected chi connectivity index (χ3v) is 8.97. The van der Waals surface area contributed by atoms with Crippen LogP contribution in [0.2, 0.25) is 0 Å². The Balaban J connectivity index is 0.00000442. The topological polar surface area (TPSA) is 74.3 Å². The molecule has 0 spiro atoms. The van der Waals surface area contributed by atoms with Crippen LogP contribution in [0, 0.1) is 11.8 Å². The van der Waals surface area contributed by atoms with Crippen molar-refractivity contribution in [2.24, 2.45) is 11.8 Å². The lowest BCUT2D eigenvalue weighted by molar-refractivity contribution is -0.145. The molecule has 0 amide bonds. The van der Waals surface area contributed by atoms with Gasteiger partial charge in [-0.1, -0.05) is 75.4 Å². The first kappa shape index (κ1) is 33.6. The number of hydrogen-bond acceptors (Lipinski definition) is 5. The van der Waals surface area contributed by atoms with E-state index in [1.165, 1.54) is 11.1 Å². The Labute approximate surface area is 273 Å². The van der Waals surface area contributed by atoms with Crippen molar-refractivity contribution in [1.29, 1.82) is 0 Å². The maximum Gasteiger partial charge on any atom is 0.345 e. The second-order valence-corrected chi connectivity index (χ2v) is 13.0.